The Balaban J connectivity index is 1.75. The van der Waals surface area contributed by atoms with Gasteiger partial charge in [-0.25, -0.2) is 9.97 Å². The predicted octanol–water partition coefficient (Wildman–Crippen LogP) is 3.31. The van der Waals surface area contributed by atoms with Gasteiger partial charge in [-0.05, 0) is 43.6 Å². The molecule has 0 bridgehead atoms. The number of nitrogens with two attached hydrogens (primary N) is 1. The number of anilines is 1. The van der Waals surface area contributed by atoms with Gasteiger partial charge in [0.25, 0.3) is 0 Å². The molecule has 3 N–H and O–H groups in total. The van der Waals surface area contributed by atoms with Crippen LogP contribution in [0.1, 0.15) is 19.4 Å². The van der Waals surface area contributed by atoms with Crippen LogP contribution < -0.4 is 11.1 Å². The van der Waals surface area contributed by atoms with Crippen LogP contribution in [0.3, 0.4) is 0 Å². The van der Waals surface area contributed by atoms with Gasteiger partial charge in [-0.3, -0.25) is 4.98 Å². The van der Waals surface area contributed by atoms with E-state index in [1.165, 1.54) is 5.56 Å². The number of likely N-dealkylation sites (N-methyl/N-ethyl adjacent to an activating group) is 1. The molecule has 7 heteroatoms. The number of nitrogens with one attached hydrogen (secondary N) is 1. The third-order valence-electron chi connectivity index (χ3n) is 4.99. The minimum atomic E-state index is 0.252. The second-order valence-corrected chi connectivity index (χ2v) is 6.84. The lowest BCUT2D eigenvalue weighted by Crippen LogP contribution is -2.15. The predicted molar refractivity (Wildman–Crippen MR) is 116 cm³/mol. The third-order valence-corrected chi connectivity index (χ3v) is 4.99. The molecule has 0 saturated heterocycles. The van der Waals surface area contributed by atoms with Crippen molar-refractivity contribution < 1.29 is 0 Å². The number of hydrogen-bond acceptors (Lipinski definition) is 6. The molecule has 3 heterocycles. The topological polar surface area (TPSA) is 94.5 Å². The summed E-state index contributed by atoms with van der Waals surface area (Å²) >= 11 is 0. The third kappa shape index (κ3) is 3.82. The number of aryl methyl sites for hydroxylation is 1. The summed E-state index contributed by atoms with van der Waals surface area (Å²) in [5.74, 6) is 1.10. The number of rotatable bonds is 7. The van der Waals surface area contributed by atoms with Crippen molar-refractivity contribution in [3.8, 4) is 22.5 Å². The van der Waals surface area contributed by atoms with Crippen molar-refractivity contribution in [2.45, 2.75) is 26.8 Å². The van der Waals surface area contributed by atoms with Gasteiger partial charge in [0.15, 0.2) is 5.65 Å². The van der Waals surface area contributed by atoms with Crippen LogP contribution in [0.5, 0.6) is 0 Å². The van der Waals surface area contributed by atoms with Crippen LogP contribution >= 0.6 is 0 Å². The Hall–Kier alpha value is -3.32. The molecule has 4 aromatic rings. The molecule has 0 fully saturated rings. The molecule has 29 heavy (non-hydrogen) atoms. The lowest BCUT2D eigenvalue weighted by atomic mass is 9.99. The van der Waals surface area contributed by atoms with E-state index in [1.807, 2.05) is 12.3 Å². The molecule has 0 spiro atoms. The van der Waals surface area contributed by atoms with Gasteiger partial charge in [0.05, 0.1) is 6.20 Å². The van der Waals surface area contributed by atoms with E-state index in [0.717, 1.165) is 59.7 Å². The van der Waals surface area contributed by atoms with Gasteiger partial charge in [-0.15, -0.1) is 0 Å². The first-order chi connectivity index (χ1) is 14.2. The Morgan fingerprint density at radius 2 is 1.83 bits per heavy atom. The van der Waals surface area contributed by atoms with E-state index in [2.05, 4.69) is 62.9 Å². The summed E-state index contributed by atoms with van der Waals surface area (Å²) in [4.78, 5) is 17.6. The second-order valence-electron chi connectivity index (χ2n) is 6.84. The molecule has 0 unspecified atom stereocenters. The number of nitrogens with zero attached hydrogens (tertiary/aromatic N) is 5. The number of hydrogen-bond donors (Lipinski definition) is 2. The average Bonchev–Trinajstić information content (AvgIpc) is 3.12. The smallest absolute Gasteiger partial charge is 0.222 e. The van der Waals surface area contributed by atoms with Gasteiger partial charge in [-0.2, -0.15) is 4.98 Å². The fourth-order valence-corrected chi connectivity index (χ4v) is 3.52. The first kappa shape index (κ1) is 19.0. The maximum absolute atomic E-state index is 5.80. The van der Waals surface area contributed by atoms with E-state index < -0.39 is 0 Å². The summed E-state index contributed by atoms with van der Waals surface area (Å²) < 4.78 is 2.07. The zero-order valence-electron chi connectivity index (χ0n) is 16.8. The largest absolute Gasteiger partial charge is 0.368 e. The van der Waals surface area contributed by atoms with Crippen LogP contribution in [0.25, 0.3) is 33.7 Å². The average molecular weight is 387 g/mol. The first-order valence-corrected chi connectivity index (χ1v) is 9.94. The molecular formula is C22H25N7. The zero-order chi connectivity index (χ0) is 20.2. The minimum absolute atomic E-state index is 0.252. The Kier molecular flexibility index (Phi) is 5.48. The highest BCUT2D eigenvalue weighted by atomic mass is 15.2. The van der Waals surface area contributed by atoms with Crippen molar-refractivity contribution in [1.82, 2.24) is 29.8 Å². The molecule has 0 aliphatic carbocycles. The van der Waals surface area contributed by atoms with Crippen LogP contribution in [0.15, 0.2) is 48.9 Å². The van der Waals surface area contributed by atoms with Crippen LogP contribution in [-0.2, 0) is 13.0 Å². The normalized spacial score (nSPS) is 11.2. The van der Waals surface area contributed by atoms with E-state index in [0.29, 0.717) is 0 Å². The maximum Gasteiger partial charge on any atom is 0.222 e. The number of benzene rings is 1. The molecule has 0 aliphatic rings. The minimum Gasteiger partial charge on any atom is -0.368 e. The highest BCUT2D eigenvalue weighted by Crippen LogP contribution is 2.32. The fraction of sp³-hybridized carbons (Fsp3) is 0.273. The highest BCUT2D eigenvalue weighted by molar-refractivity contribution is 5.84. The Labute approximate surface area is 170 Å². The highest BCUT2D eigenvalue weighted by Gasteiger charge is 2.17. The maximum atomic E-state index is 5.80. The van der Waals surface area contributed by atoms with Crippen molar-refractivity contribution in [2.24, 2.45) is 0 Å². The van der Waals surface area contributed by atoms with Crippen molar-refractivity contribution in [1.29, 1.82) is 0 Å². The zero-order valence-corrected chi connectivity index (χ0v) is 16.8. The van der Waals surface area contributed by atoms with Crippen LogP contribution in [0, 0.1) is 0 Å². The monoisotopic (exact) mass is 387 g/mol. The fourth-order valence-electron chi connectivity index (χ4n) is 3.52. The van der Waals surface area contributed by atoms with E-state index in [4.69, 9.17) is 10.7 Å². The Morgan fingerprint density at radius 1 is 1.00 bits per heavy atom. The second kappa shape index (κ2) is 8.36. The van der Waals surface area contributed by atoms with Crippen molar-refractivity contribution in [3.05, 3.63) is 54.5 Å². The van der Waals surface area contributed by atoms with Gasteiger partial charge in [0.2, 0.25) is 5.95 Å². The van der Waals surface area contributed by atoms with Crippen LogP contribution in [-0.4, -0.2) is 37.6 Å². The molecule has 0 aliphatic heterocycles. The van der Waals surface area contributed by atoms with Crippen molar-refractivity contribution in [3.63, 3.8) is 0 Å². The standard InChI is InChI=1S/C22H25N7/c1-3-24-11-9-15-5-7-16(8-6-15)18-13-25-12-10-17(18)20-27-19-14-26-22(23)28-21(19)29(20)4-2/h5-8,10,12-14,24H,3-4,9,11H2,1-2H3,(H2,23,26,28). The summed E-state index contributed by atoms with van der Waals surface area (Å²) in [5.41, 5.74) is 11.8. The summed E-state index contributed by atoms with van der Waals surface area (Å²) in [6, 6.07) is 10.7. The van der Waals surface area contributed by atoms with Crippen molar-refractivity contribution >= 4 is 17.1 Å². The van der Waals surface area contributed by atoms with E-state index >= 15 is 0 Å². The van der Waals surface area contributed by atoms with Crippen molar-refractivity contribution in [2.75, 3.05) is 18.8 Å². The molecular weight excluding hydrogens is 362 g/mol. The van der Waals surface area contributed by atoms with Gasteiger partial charge >= 0.3 is 0 Å². The van der Waals surface area contributed by atoms with E-state index in [1.54, 1.807) is 12.4 Å². The van der Waals surface area contributed by atoms with Gasteiger partial charge in [0, 0.05) is 30.1 Å². The van der Waals surface area contributed by atoms with E-state index in [9.17, 15) is 0 Å². The molecule has 0 atom stereocenters. The molecule has 4 rings (SSSR count). The summed E-state index contributed by atoms with van der Waals surface area (Å²) in [7, 11) is 0. The quantitative estimate of drug-likeness (QED) is 0.473. The first-order valence-electron chi connectivity index (χ1n) is 9.94. The number of aromatic nitrogens is 5. The number of fused-ring (bicyclic) bond motifs is 1. The summed E-state index contributed by atoms with van der Waals surface area (Å²) in [6.07, 6.45) is 6.37. The summed E-state index contributed by atoms with van der Waals surface area (Å²) in [5, 5.41) is 3.36. The molecule has 7 nitrogen and oxygen atoms in total. The molecule has 0 amide bonds. The van der Waals surface area contributed by atoms with Gasteiger partial charge in [0.1, 0.15) is 11.3 Å². The van der Waals surface area contributed by atoms with Gasteiger partial charge < -0.3 is 15.6 Å². The summed E-state index contributed by atoms with van der Waals surface area (Å²) in [6.45, 7) is 6.90. The molecule has 3 aromatic heterocycles. The Morgan fingerprint density at radius 3 is 2.59 bits per heavy atom. The number of imidazole rings is 1. The lowest BCUT2D eigenvalue weighted by Gasteiger charge is -2.11. The molecule has 0 radical (unpaired) electrons. The Bertz CT molecular complexity index is 1120. The van der Waals surface area contributed by atoms with Gasteiger partial charge in [-0.1, -0.05) is 31.2 Å². The lowest BCUT2D eigenvalue weighted by molar-refractivity contribution is 0.716. The van der Waals surface area contributed by atoms with E-state index in [-0.39, 0.29) is 5.95 Å². The van der Waals surface area contributed by atoms with Crippen LogP contribution in [0.4, 0.5) is 5.95 Å². The SMILES string of the molecule is CCNCCc1ccc(-c2cnccc2-c2nc3cnc(N)nc3n2CC)cc1. The number of nitrogen functional groups attached to an aromatic ring is 1. The molecule has 148 valence electrons. The van der Waals surface area contributed by atoms with Crippen LogP contribution in [0.2, 0.25) is 0 Å². The molecule has 0 saturated carbocycles. The number of pyridine rings is 1. The molecule has 1 aromatic carbocycles.